The number of hydrogen-bond donors (Lipinski definition) is 1. The molecule has 0 saturated heterocycles. The molecule has 5 aromatic heterocycles. The zero-order valence-electron chi connectivity index (χ0n) is 31.4. The maximum Gasteiger partial charge on any atom is 0.238 e. The van der Waals surface area contributed by atoms with E-state index in [1.807, 2.05) is 78.9 Å². The first-order chi connectivity index (χ1) is 29.2. The van der Waals surface area contributed by atoms with E-state index in [0.29, 0.717) is 40.1 Å². The molecule has 12 rings (SSSR count). The van der Waals surface area contributed by atoms with E-state index in [9.17, 15) is 5.11 Å². The molecule has 0 saturated carbocycles. The molecule has 0 fully saturated rings. The van der Waals surface area contributed by atoms with Crippen molar-refractivity contribution in [2.24, 2.45) is 0 Å². The van der Waals surface area contributed by atoms with E-state index in [0.717, 1.165) is 65.8 Å². The van der Waals surface area contributed by atoms with Crippen LogP contribution in [0, 0.1) is 0 Å². The maximum atomic E-state index is 10.7. The molecule has 7 aromatic carbocycles. The number of pyridine rings is 2. The molecule has 0 amide bonds. The number of aromatic nitrogens is 7. The van der Waals surface area contributed by atoms with E-state index in [1.165, 1.54) is 5.39 Å². The molecule has 8 nitrogen and oxygen atoms in total. The largest absolute Gasteiger partial charge is 0.507 e. The van der Waals surface area contributed by atoms with Crippen LogP contribution in [-0.4, -0.2) is 39.2 Å². The highest BCUT2D eigenvalue weighted by atomic mass is 16.3. The second-order valence-electron chi connectivity index (χ2n) is 14.7. The van der Waals surface area contributed by atoms with Crippen molar-refractivity contribution in [3.63, 3.8) is 0 Å². The van der Waals surface area contributed by atoms with E-state index in [2.05, 4.69) is 100 Å². The Morgan fingerprint density at radius 2 is 0.898 bits per heavy atom. The Morgan fingerprint density at radius 3 is 1.59 bits per heavy atom. The van der Waals surface area contributed by atoms with Crippen LogP contribution in [0.25, 0.3) is 111 Å². The van der Waals surface area contributed by atoms with Crippen molar-refractivity contribution < 1.29 is 5.11 Å². The van der Waals surface area contributed by atoms with Gasteiger partial charge in [-0.15, -0.1) is 0 Å². The second-order valence-corrected chi connectivity index (χ2v) is 14.7. The van der Waals surface area contributed by atoms with Crippen LogP contribution in [0.1, 0.15) is 0 Å². The number of fused-ring (bicyclic) bond motifs is 10. The van der Waals surface area contributed by atoms with Gasteiger partial charge in [-0.2, -0.15) is 9.97 Å². The third-order valence-corrected chi connectivity index (χ3v) is 11.3. The Balaban J connectivity index is 1.16. The first-order valence-corrected chi connectivity index (χ1v) is 19.5. The molecule has 1 N–H and O–H groups in total. The third kappa shape index (κ3) is 5.13. The number of aromatic hydroxyl groups is 1. The fourth-order valence-corrected chi connectivity index (χ4v) is 8.58. The molecule has 0 radical (unpaired) electrons. The minimum absolute atomic E-state index is 0.172. The summed E-state index contributed by atoms with van der Waals surface area (Å²) in [6.07, 6.45) is 0. The van der Waals surface area contributed by atoms with E-state index in [4.69, 9.17) is 24.9 Å². The topological polar surface area (TPSA) is 94.5 Å². The van der Waals surface area contributed by atoms with Gasteiger partial charge in [0, 0.05) is 49.1 Å². The van der Waals surface area contributed by atoms with E-state index < -0.39 is 0 Å². The molecule has 0 aliphatic heterocycles. The number of phenols is 1. The normalized spacial score (nSPS) is 11.8. The molecular formula is C51H31N7O. The predicted molar refractivity (Wildman–Crippen MR) is 237 cm³/mol. The van der Waals surface area contributed by atoms with Crippen LogP contribution >= 0.6 is 0 Å². The highest BCUT2D eigenvalue weighted by molar-refractivity contribution is 6.23. The highest BCUT2D eigenvalue weighted by Crippen LogP contribution is 2.41. The van der Waals surface area contributed by atoms with Gasteiger partial charge in [-0.05, 0) is 48.5 Å². The number of hydrogen-bond acceptors (Lipinski definition) is 6. The quantitative estimate of drug-likeness (QED) is 0.176. The van der Waals surface area contributed by atoms with Crippen molar-refractivity contribution >= 4 is 65.4 Å². The lowest BCUT2D eigenvalue weighted by molar-refractivity contribution is 0.477. The number of benzene rings is 7. The summed E-state index contributed by atoms with van der Waals surface area (Å²) in [6.45, 7) is 0. The first-order valence-electron chi connectivity index (χ1n) is 19.5. The van der Waals surface area contributed by atoms with Crippen molar-refractivity contribution in [1.82, 2.24) is 34.1 Å². The van der Waals surface area contributed by atoms with Crippen LogP contribution in [0.5, 0.6) is 5.75 Å². The average Bonchev–Trinajstić information content (AvgIpc) is 3.82. The Bertz CT molecular complexity index is 3630. The zero-order chi connectivity index (χ0) is 39.0. The summed E-state index contributed by atoms with van der Waals surface area (Å²) in [7, 11) is 0. The molecule has 0 aliphatic carbocycles. The summed E-state index contributed by atoms with van der Waals surface area (Å²) in [4.78, 5) is 26.0. The maximum absolute atomic E-state index is 10.7. The lowest BCUT2D eigenvalue weighted by atomic mass is 10.1. The second kappa shape index (κ2) is 12.9. The van der Waals surface area contributed by atoms with Gasteiger partial charge >= 0.3 is 0 Å². The van der Waals surface area contributed by atoms with Crippen LogP contribution in [0.2, 0.25) is 0 Å². The van der Waals surface area contributed by atoms with Gasteiger partial charge in [0.2, 0.25) is 5.95 Å². The molecule has 8 heteroatoms. The van der Waals surface area contributed by atoms with Crippen molar-refractivity contribution in [1.29, 1.82) is 0 Å². The summed E-state index contributed by atoms with van der Waals surface area (Å²) in [5.41, 5.74) is 9.43. The van der Waals surface area contributed by atoms with Crippen LogP contribution in [0.15, 0.2) is 182 Å². The monoisotopic (exact) mass is 757 g/mol. The van der Waals surface area contributed by atoms with Gasteiger partial charge in [-0.25, -0.2) is 15.0 Å². The molecule has 0 unspecified atom stereocenters. The van der Waals surface area contributed by atoms with E-state index in [1.54, 1.807) is 12.1 Å². The van der Waals surface area contributed by atoms with Gasteiger partial charge in [0.05, 0.1) is 38.8 Å². The van der Waals surface area contributed by atoms with Crippen molar-refractivity contribution in [3.05, 3.63) is 182 Å². The summed E-state index contributed by atoms with van der Waals surface area (Å²) >= 11 is 0. The fourth-order valence-electron chi connectivity index (χ4n) is 8.58. The Morgan fingerprint density at radius 1 is 0.373 bits per heavy atom. The highest BCUT2D eigenvalue weighted by Gasteiger charge is 2.24. The third-order valence-electron chi connectivity index (χ3n) is 11.3. The Labute approximate surface area is 337 Å². The summed E-state index contributed by atoms with van der Waals surface area (Å²) in [6, 6.07) is 61.3. The van der Waals surface area contributed by atoms with Crippen LogP contribution in [0.3, 0.4) is 0 Å². The van der Waals surface area contributed by atoms with Crippen molar-refractivity contribution in [2.75, 3.05) is 0 Å². The van der Waals surface area contributed by atoms with Crippen LogP contribution < -0.4 is 0 Å². The average molecular weight is 758 g/mol. The molecule has 0 atom stereocenters. The Kier molecular flexibility index (Phi) is 7.21. The molecular weight excluding hydrogens is 727 g/mol. The standard InChI is InChI=1S/C51H31N7O/c59-44-22-12-9-19-39(44)40-29-25-31-23-24-32-26-30-41(53-46(32)45(31)52-40)50-54-49(33-13-3-1-4-14-33)55-51(56-50)58-43-21-11-8-18-36(43)38-28-27-37-35-17-7-10-20-42(35)57(47(37)48(38)58)34-15-5-2-6-16-34/h1-30,59H. The minimum Gasteiger partial charge on any atom is -0.507 e. The smallest absolute Gasteiger partial charge is 0.238 e. The number of phenolic OH excluding ortho intramolecular Hbond substituents is 1. The Hall–Kier alpha value is -8.23. The number of rotatable bonds is 5. The van der Waals surface area contributed by atoms with Crippen molar-refractivity contribution in [3.8, 4) is 51.5 Å². The number of nitrogens with zero attached hydrogens (tertiary/aromatic N) is 7. The summed E-state index contributed by atoms with van der Waals surface area (Å²) in [5.74, 6) is 1.63. The molecule has 59 heavy (non-hydrogen) atoms. The van der Waals surface area contributed by atoms with Gasteiger partial charge < -0.3 is 9.67 Å². The van der Waals surface area contributed by atoms with Crippen LogP contribution in [-0.2, 0) is 0 Å². The van der Waals surface area contributed by atoms with Gasteiger partial charge in [-0.3, -0.25) is 4.57 Å². The van der Waals surface area contributed by atoms with E-state index >= 15 is 0 Å². The van der Waals surface area contributed by atoms with Crippen molar-refractivity contribution in [2.45, 2.75) is 0 Å². The van der Waals surface area contributed by atoms with Crippen LogP contribution in [0.4, 0.5) is 0 Å². The molecule has 12 aromatic rings. The lowest BCUT2D eigenvalue weighted by Crippen LogP contribution is -2.07. The van der Waals surface area contributed by atoms with Gasteiger partial charge in [0.25, 0.3) is 0 Å². The predicted octanol–water partition coefficient (Wildman–Crippen LogP) is 11.9. The SMILES string of the molecule is Oc1ccccc1-c1ccc2ccc3ccc(-c4nc(-c5ccccc5)nc(-n5c6ccccc6c6ccc7c8ccccc8n(-c8ccccc8)c7c65)n4)nc3c2n1. The first kappa shape index (κ1) is 33.0. The number of para-hydroxylation sites is 4. The lowest BCUT2D eigenvalue weighted by Gasteiger charge is -2.13. The van der Waals surface area contributed by atoms with Gasteiger partial charge in [0.1, 0.15) is 11.4 Å². The molecule has 276 valence electrons. The molecule has 0 spiro atoms. The molecule has 0 bridgehead atoms. The zero-order valence-corrected chi connectivity index (χ0v) is 31.4. The van der Waals surface area contributed by atoms with Gasteiger partial charge in [-0.1, -0.05) is 133 Å². The van der Waals surface area contributed by atoms with E-state index in [-0.39, 0.29) is 5.75 Å². The molecule has 0 aliphatic rings. The summed E-state index contributed by atoms with van der Waals surface area (Å²) < 4.78 is 4.55. The molecule has 5 heterocycles. The summed E-state index contributed by atoms with van der Waals surface area (Å²) in [5, 5.41) is 17.0. The fraction of sp³-hybridized carbons (Fsp3) is 0. The van der Waals surface area contributed by atoms with Gasteiger partial charge in [0.15, 0.2) is 11.6 Å². The minimum atomic E-state index is 0.172.